The van der Waals surface area contributed by atoms with Gasteiger partial charge < -0.3 is 14.6 Å². The lowest BCUT2D eigenvalue weighted by Crippen LogP contribution is -2.59. The van der Waals surface area contributed by atoms with Gasteiger partial charge in [-0.25, -0.2) is 0 Å². The third-order valence-electron chi connectivity index (χ3n) is 6.10. The predicted octanol–water partition coefficient (Wildman–Crippen LogP) is 2.62. The molecule has 2 bridgehead atoms. The zero-order valence-electron chi connectivity index (χ0n) is 15.9. The molecule has 0 radical (unpaired) electrons. The van der Waals surface area contributed by atoms with Gasteiger partial charge >= 0.3 is 0 Å². The fraction of sp³-hybridized carbons (Fsp3) is 0.364. The molecule has 4 heterocycles. The Morgan fingerprint density at radius 1 is 1.14 bits per heavy atom. The number of carbonyl (C=O) groups is 1. The predicted molar refractivity (Wildman–Crippen MR) is 108 cm³/mol. The molecule has 2 aliphatic rings. The van der Waals surface area contributed by atoms with Gasteiger partial charge in [-0.05, 0) is 38.1 Å². The maximum absolute atomic E-state index is 13.2. The van der Waals surface area contributed by atoms with Gasteiger partial charge in [0.05, 0.1) is 36.2 Å². The first kappa shape index (κ1) is 17.4. The summed E-state index contributed by atoms with van der Waals surface area (Å²) in [5.74, 6) is -0.00705. The molecule has 0 spiro atoms. The van der Waals surface area contributed by atoms with E-state index in [0.29, 0.717) is 17.6 Å². The van der Waals surface area contributed by atoms with Crippen molar-refractivity contribution >= 4 is 16.8 Å². The van der Waals surface area contributed by atoms with Crippen molar-refractivity contribution in [1.82, 2.24) is 19.8 Å². The largest absolute Gasteiger partial charge is 0.378 e. The standard InChI is InChI=1S/C22H24N4O2/c1-25-17-9-15(10-18(25)14-28-13-17)24-22(27)20-12-26(16-5-4-8-23-11-16)21-7-3-2-6-19(20)21/h2-8,11-12,15,17-18H,9-10,13-14H2,1H3,(H,24,27)/t15-,17-,18+. The Bertz CT molecular complexity index is 986. The number of aromatic nitrogens is 2. The van der Waals surface area contributed by atoms with Crippen LogP contribution in [-0.2, 0) is 4.74 Å². The lowest BCUT2D eigenvalue weighted by molar-refractivity contribution is -0.0670. The number of fused-ring (bicyclic) bond motifs is 3. The molecule has 2 fully saturated rings. The van der Waals surface area contributed by atoms with Gasteiger partial charge in [0.2, 0.25) is 0 Å². The maximum Gasteiger partial charge on any atom is 0.253 e. The summed E-state index contributed by atoms with van der Waals surface area (Å²) >= 11 is 0. The number of carbonyl (C=O) groups excluding carboxylic acids is 1. The number of amides is 1. The second kappa shape index (κ2) is 7.04. The summed E-state index contributed by atoms with van der Waals surface area (Å²) in [6, 6.07) is 12.9. The number of pyridine rings is 1. The van der Waals surface area contributed by atoms with Gasteiger partial charge in [-0.1, -0.05) is 18.2 Å². The molecular formula is C22H24N4O2. The number of rotatable bonds is 3. The van der Waals surface area contributed by atoms with E-state index in [2.05, 4.69) is 22.2 Å². The average molecular weight is 376 g/mol. The molecule has 5 rings (SSSR count). The Labute approximate surface area is 164 Å². The van der Waals surface area contributed by atoms with E-state index in [1.807, 2.05) is 53.4 Å². The number of likely N-dealkylation sites (N-methyl/N-ethyl adjacent to an activating group) is 1. The lowest BCUT2D eigenvalue weighted by Gasteiger charge is -2.46. The molecule has 0 aliphatic carbocycles. The molecule has 1 amide bonds. The number of nitrogens with one attached hydrogen (secondary N) is 1. The molecule has 6 heteroatoms. The molecular weight excluding hydrogens is 352 g/mol. The van der Waals surface area contributed by atoms with Crippen molar-refractivity contribution in [2.45, 2.75) is 31.0 Å². The smallest absolute Gasteiger partial charge is 0.253 e. The van der Waals surface area contributed by atoms with Crippen molar-refractivity contribution in [2.75, 3.05) is 20.3 Å². The molecule has 28 heavy (non-hydrogen) atoms. The minimum Gasteiger partial charge on any atom is -0.378 e. The van der Waals surface area contributed by atoms with Gasteiger partial charge in [0.1, 0.15) is 0 Å². The molecule has 1 N–H and O–H groups in total. The molecule has 1 aromatic carbocycles. The summed E-state index contributed by atoms with van der Waals surface area (Å²) in [6.07, 6.45) is 7.35. The van der Waals surface area contributed by atoms with E-state index in [9.17, 15) is 4.79 Å². The number of nitrogens with zero attached hydrogens (tertiary/aromatic N) is 3. The van der Waals surface area contributed by atoms with Gasteiger partial charge in [-0.2, -0.15) is 0 Å². The van der Waals surface area contributed by atoms with Crippen LogP contribution in [0.25, 0.3) is 16.6 Å². The van der Waals surface area contributed by atoms with Crippen LogP contribution in [-0.4, -0.2) is 58.7 Å². The third kappa shape index (κ3) is 2.99. The van der Waals surface area contributed by atoms with Crippen LogP contribution in [0.15, 0.2) is 55.0 Å². The Morgan fingerprint density at radius 2 is 1.93 bits per heavy atom. The summed E-state index contributed by atoms with van der Waals surface area (Å²) in [7, 11) is 2.16. The molecule has 2 aliphatic heterocycles. The van der Waals surface area contributed by atoms with E-state index in [4.69, 9.17) is 4.74 Å². The van der Waals surface area contributed by atoms with E-state index >= 15 is 0 Å². The van der Waals surface area contributed by atoms with Crippen LogP contribution in [0.3, 0.4) is 0 Å². The SMILES string of the molecule is CN1[C@@H]2COC[C@H]1C[C@@H](NC(=O)c1cn(-c3cccnc3)c3ccccc13)C2. The summed E-state index contributed by atoms with van der Waals surface area (Å²) in [4.78, 5) is 19.8. The van der Waals surface area contributed by atoms with Crippen molar-refractivity contribution in [3.63, 3.8) is 0 Å². The molecule has 2 aromatic heterocycles. The van der Waals surface area contributed by atoms with E-state index < -0.39 is 0 Å². The van der Waals surface area contributed by atoms with Crippen LogP contribution in [0, 0.1) is 0 Å². The monoisotopic (exact) mass is 376 g/mol. The van der Waals surface area contributed by atoms with Crippen LogP contribution < -0.4 is 5.32 Å². The van der Waals surface area contributed by atoms with Gasteiger partial charge in [-0.3, -0.25) is 14.7 Å². The molecule has 144 valence electrons. The quantitative estimate of drug-likeness (QED) is 0.763. The number of para-hydroxylation sites is 1. The molecule has 3 atom stereocenters. The maximum atomic E-state index is 13.2. The first-order valence-electron chi connectivity index (χ1n) is 9.82. The first-order chi connectivity index (χ1) is 13.7. The molecule has 3 aromatic rings. The van der Waals surface area contributed by atoms with Crippen molar-refractivity contribution in [3.05, 3.63) is 60.6 Å². The second-order valence-corrected chi connectivity index (χ2v) is 7.79. The van der Waals surface area contributed by atoms with Crippen molar-refractivity contribution in [3.8, 4) is 5.69 Å². The Kier molecular flexibility index (Phi) is 4.37. The topological polar surface area (TPSA) is 59.4 Å². The highest BCUT2D eigenvalue weighted by molar-refractivity contribution is 6.07. The highest BCUT2D eigenvalue weighted by Gasteiger charge is 2.37. The van der Waals surface area contributed by atoms with Crippen LogP contribution in [0.1, 0.15) is 23.2 Å². The lowest BCUT2D eigenvalue weighted by atomic mass is 9.90. The molecule has 0 saturated carbocycles. The number of ether oxygens (including phenoxy) is 1. The Hall–Kier alpha value is -2.70. The van der Waals surface area contributed by atoms with E-state index in [1.54, 1.807) is 6.20 Å². The van der Waals surface area contributed by atoms with E-state index in [1.165, 1.54) is 0 Å². The van der Waals surface area contributed by atoms with Crippen LogP contribution in [0.2, 0.25) is 0 Å². The summed E-state index contributed by atoms with van der Waals surface area (Å²) < 4.78 is 7.73. The molecule has 2 saturated heterocycles. The molecule has 6 nitrogen and oxygen atoms in total. The number of hydrogen-bond acceptors (Lipinski definition) is 4. The zero-order chi connectivity index (χ0) is 19.1. The fourth-order valence-corrected chi connectivity index (χ4v) is 4.55. The Balaban J connectivity index is 1.44. The van der Waals surface area contributed by atoms with Crippen LogP contribution in [0.5, 0.6) is 0 Å². The van der Waals surface area contributed by atoms with Gasteiger partial charge in [0, 0.05) is 35.9 Å². The van der Waals surface area contributed by atoms with Crippen molar-refractivity contribution < 1.29 is 9.53 Å². The number of piperidine rings is 1. The average Bonchev–Trinajstić information content (AvgIpc) is 3.09. The van der Waals surface area contributed by atoms with Gasteiger partial charge in [0.25, 0.3) is 5.91 Å². The van der Waals surface area contributed by atoms with Crippen LogP contribution >= 0.6 is 0 Å². The van der Waals surface area contributed by atoms with Gasteiger partial charge in [0.15, 0.2) is 0 Å². The summed E-state index contributed by atoms with van der Waals surface area (Å²) in [5, 5.41) is 4.25. The van der Waals surface area contributed by atoms with Crippen molar-refractivity contribution in [2.24, 2.45) is 0 Å². The minimum atomic E-state index is -0.00705. The highest BCUT2D eigenvalue weighted by atomic mass is 16.5. The summed E-state index contributed by atoms with van der Waals surface area (Å²) in [6.45, 7) is 1.50. The van der Waals surface area contributed by atoms with E-state index in [-0.39, 0.29) is 11.9 Å². The fourth-order valence-electron chi connectivity index (χ4n) is 4.55. The highest BCUT2D eigenvalue weighted by Crippen LogP contribution is 2.28. The second-order valence-electron chi connectivity index (χ2n) is 7.79. The number of benzene rings is 1. The minimum absolute atomic E-state index is 0.00705. The normalized spacial score (nSPS) is 25.0. The van der Waals surface area contributed by atoms with Gasteiger partial charge in [-0.15, -0.1) is 0 Å². The number of hydrogen-bond donors (Lipinski definition) is 1. The number of morpholine rings is 1. The molecule has 0 unspecified atom stereocenters. The van der Waals surface area contributed by atoms with Crippen LogP contribution in [0.4, 0.5) is 0 Å². The summed E-state index contributed by atoms with van der Waals surface area (Å²) in [5.41, 5.74) is 2.66. The van der Waals surface area contributed by atoms with Crippen molar-refractivity contribution in [1.29, 1.82) is 0 Å². The zero-order valence-corrected chi connectivity index (χ0v) is 15.9. The third-order valence-corrected chi connectivity index (χ3v) is 6.10. The van der Waals surface area contributed by atoms with E-state index in [0.717, 1.165) is 42.6 Å². The first-order valence-corrected chi connectivity index (χ1v) is 9.82. The Morgan fingerprint density at radius 3 is 2.68 bits per heavy atom.